The van der Waals surface area contributed by atoms with Crippen LogP contribution in [0.4, 0.5) is 0 Å². The van der Waals surface area contributed by atoms with E-state index >= 15 is 0 Å². The largest absolute Gasteiger partial charge is 0.377 e. The zero-order valence-electron chi connectivity index (χ0n) is 77.1. The Kier molecular flexibility index (Phi) is 61.7. The zero-order chi connectivity index (χ0) is 94.7. The van der Waals surface area contributed by atoms with E-state index in [0.29, 0.717) is 0 Å². The Bertz CT molecular complexity index is 3650. The number of ether oxygens (including phenoxy) is 13. The standard InChI is InChI=1S/C80H130O33S4.4C2H4/c1-63(2)107-101-61-79(17,112-109-65(5)6)59-97-57-78(16,58-98-60-80(18,113-110-66(7)8)62-102-108-64(3)4)111-77(15,55-95-53-75(13,99-45-39-91-43-49-105-116(85,86)73-31-23-69(11)24-32-73)51-93-37-35-89-41-47-103-114(81,82)71-27-19-67(9)20-28-71)56-96-54-76(14,100-46-40-92-44-50-106-117(87,88)74-33-25-70(12)26-34-74)52-94-38-36-90-42-48-104-115(83,84)72-29-21-68(10)22-30-72;4*1-2/h19-34,63-66H,35-62H2,1-18H3;4*1-2H2. The van der Waals surface area contributed by atoms with Gasteiger partial charge in [0.15, 0.2) is 11.2 Å². The normalized spacial score (nSPS) is 15.0. The molecule has 0 N–H and O–H groups in total. The molecule has 0 amide bonds. The summed E-state index contributed by atoms with van der Waals surface area (Å²) in [6.45, 7) is 52.7. The van der Waals surface area contributed by atoms with Gasteiger partial charge in [0.25, 0.3) is 40.5 Å². The van der Waals surface area contributed by atoms with Crippen molar-refractivity contribution in [3.8, 4) is 0 Å². The van der Waals surface area contributed by atoms with Crippen LogP contribution in [-0.4, -0.2) is 277 Å². The molecule has 125 heavy (non-hydrogen) atoms. The van der Waals surface area contributed by atoms with E-state index < -0.39 is 74.1 Å². The summed E-state index contributed by atoms with van der Waals surface area (Å²) in [4.78, 5) is 45.3. The van der Waals surface area contributed by atoms with Gasteiger partial charge in [0.1, 0.15) is 35.6 Å². The highest BCUT2D eigenvalue weighted by atomic mass is 32.2. The minimum absolute atomic E-state index is 0.000597. The first-order valence-electron chi connectivity index (χ1n) is 40.9. The quantitative estimate of drug-likeness (QED) is 0.0130. The summed E-state index contributed by atoms with van der Waals surface area (Å²) in [5, 5.41) is 0. The third-order valence-corrected chi connectivity index (χ3v) is 21.2. The van der Waals surface area contributed by atoms with Gasteiger partial charge in [0.05, 0.1) is 216 Å². The van der Waals surface area contributed by atoms with E-state index in [-0.39, 0.29) is 229 Å². The Morgan fingerprint density at radius 2 is 0.432 bits per heavy atom. The molecule has 4 aromatic carbocycles. The van der Waals surface area contributed by atoms with Crippen LogP contribution in [0.1, 0.15) is 119 Å². The topological polar surface area (TPSA) is 367 Å². The minimum atomic E-state index is -4.07. The van der Waals surface area contributed by atoms with E-state index in [4.69, 9.17) is 117 Å². The van der Waals surface area contributed by atoms with Crippen LogP contribution in [0.15, 0.2) is 169 Å². The predicted molar refractivity (Wildman–Crippen MR) is 473 cm³/mol. The average molecular weight is 1860 g/mol. The lowest BCUT2D eigenvalue weighted by Gasteiger charge is -2.42. The third-order valence-electron chi connectivity index (χ3n) is 15.9. The molecule has 0 radical (unpaired) electrons. The average Bonchev–Trinajstić information content (AvgIpc) is 0.804. The molecule has 4 aromatic rings. The first-order valence-corrected chi connectivity index (χ1v) is 46.5. The summed E-state index contributed by atoms with van der Waals surface area (Å²) < 4.78 is 206. The molecular formula is C88H146O33S4. The van der Waals surface area contributed by atoms with Crippen LogP contribution >= 0.6 is 0 Å². The summed E-state index contributed by atoms with van der Waals surface area (Å²) in [5.74, 6) is 0. The van der Waals surface area contributed by atoms with Crippen LogP contribution in [0.5, 0.6) is 0 Å². The molecule has 0 aliphatic rings. The predicted octanol–water partition coefficient (Wildman–Crippen LogP) is 13.2. The van der Waals surface area contributed by atoms with Gasteiger partial charge >= 0.3 is 0 Å². The van der Waals surface area contributed by atoms with Crippen molar-refractivity contribution in [1.82, 2.24) is 0 Å². The second kappa shape index (κ2) is 64.4. The number of hydrogen-bond acceptors (Lipinski definition) is 33. The first kappa shape index (κ1) is 120. The highest BCUT2D eigenvalue weighted by molar-refractivity contribution is 7.87. The van der Waals surface area contributed by atoms with Gasteiger partial charge in [-0.25, -0.2) is 39.1 Å². The molecule has 0 aliphatic carbocycles. The van der Waals surface area contributed by atoms with Gasteiger partial charge in [-0.1, -0.05) is 70.8 Å². The van der Waals surface area contributed by atoms with Crippen LogP contribution in [-0.2, 0) is 158 Å². The second-order valence-electron chi connectivity index (χ2n) is 30.7. The van der Waals surface area contributed by atoms with Crippen molar-refractivity contribution in [2.45, 2.75) is 202 Å². The Balaban J connectivity index is 0.0000186. The van der Waals surface area contributed by atoms with Crippen molar-refractivity contribution in [2.24, 2.45) is 0 Å². The fourth-order valence-corrected chi connectivity index (χ4v) is 13.6. The van der Waals surface area contributed by atoms with E-state index in [1.165, 1.54) is 48.5 Å². The molecule has 0 fully saturated rings. The molecule has 4 rings (SSSR count). The van der Waals surface area contributed by atoms with Crippen LogP contribution in [0.3, 0.4) is 0 Å². The van der Waals surface area contributed by atoms with Crippen LogP contribution in [0.2, 0.25) is 0 Å². The van der Waals surface area contributed by atoms with Crippen LogP contribution < -0.4 is 0 Å². The lowest BCUT2D eigenvalue weighted by atomic mass is 10.0. The van der Waals surface area contributed by atoms with E-state index in [1.54, 1.807) is 145 Å². The molecule has 0 bridgehead atoms. The van der Waals surface area contributed by atoms with Crippen molar-refractivity contribution in [1.29, 1.82) is 0 Å². The highest BCUT2D eigenvalue weighted by Crippen LogP contribution is 2.29. The van der Waals surface area contributed by atoms with Crippen LogP contribution in [0.25, 0.3) is 0 Å². The highest BCUT2D eigenvalue weighted by Gasteiger charge is 2.42. The SMILES string of the molecule is C=C.C=C.C=C.C=C.Cc1ccc(S(=O)(=O)OCCOCCOCC(C)(COCC(C)(COCC(C)(COCCOCCOS(=O)(=O)c2ccc(C)cc2)OCCOCCOS(=O)(=O)c2ccc(C)cc2)OC(C)(COCC(C)(COOC(C)C)OOC(C)C)COCC(C)(COOC(C)C)OOC(C)C)OCCOCCOS(=O)(=O)c2ccc(C)cc2)cc1. The monoisotopic (exact) mass is 1860 g/mol. The molecule has 0 saturated heterocycles. The Hall–Kier alpha value is -5.36. The van der Waals surface area contributed by atoms with Crippen molar-refractivity contribution in [2.75, 3.05) is 185 Å². The number of rotatable bonds is 70. The lowest BCUT2D eigenvalue weighted by Crippen LogP contribution is -2.54. The van der Waals surface area contributed by atoms with Crippen LogP contribution in [0, 0.1) is 27.7 Å². The van der Waals surface area contributed by atoms with Gasteiger partial charge in [-0.15, -0.1) is 52.6 Å². The molecule has 0 spiro atoms. The molecule has 4 atom stereocenters. The van der Waals surface area contributed by atoms with Gasteiger partial charge in [-0.3, -0.25) is 16.7 Å². The van der Waals surface area contributed by atoms with Crippen molar-refractivity contribution in [3.63, 3.8) is 0 Å². The number of hydrogen-bond donors (Lipinski definition) is 0. The van der Waals surface area contributed by atoms with Crippen molar-refractivity contribution in [3.05, 3.63) is 172 Å². The first-order chi connectivity index (χ1) is 59.0. The fraction of sp³-hybridized carbons (Fsp3) is 0.636. The summed E-state index contributed by atoms with van der Waals surface area (Å²) in [6, 6.07) is 25.0. The smallest absolute Gasteiger partial charge is 0.297 e. The molecule has 0 aromatic heterocycles. The van der Waals surface area contributed by atoms with Crippen molar-refractivity contribution >= 4 is 40.5 Å². The van der Waals surface area contributed by atoms with E-state index in [9.17, 15) is 33.7 Å². The molecule has 0 aliphatic heterocycles. The zero-order valence-corrected chi connectivity index (χ0v) is 80.4. The maximum absolute atomic E-state index is 12.9. The van der Waals surface area contributed by atoms with Crippen molar-refractivity contribution < 1.29 is 151 Å². The lowest BCUT2D eigenvalue weighted by molar-refractivity contribution is -0.419. The summed E-state index contributed by atoms with van der Waals surface area (Å²) in [5.41, 5.74) is -4.49. The summed E-state index contributed by atoms with van der Waals surface area (Å²) in [7, 11) is -16.2. The third kappa shape index (κ3) is 54.2. The van der Waals surface area contributed by atoms with Gasteiger partial charge < -0.3 is 61.6 Å². The van der Waals surface area contributed by atoms with Gasteiger partial charge in [0.2, 0.25) is 0 Å². The molecule has 0 saturated carbocycles. The number of benzene rings is 4. The molecule has 33 nitrogen and oxygen atoms in total. The maximum atomic E-state index is 12.9. The van der Waals surface area contributed by atoms with Gasteiger partial charge in [-0.2, -0.15) is 33.7 Å². The maximum Gasteiger partial charge on any atom is 0.297 e. The van der Waals surface area contributed by atoms with Gasteiger partial charge in [-0.05, 0) is 173 Å². The number of aryl methyl sites for hydroxylation is 4. The Labute approximate surface area is 746 Å². The summed E-state index contributed by atoms with van der Waals surface area (Å²) in [6.07, 6.45) is -1.30. The molecule has 720 valence electrons. The molecule has 4 unspecified atom stereocenters. The van der Waals surface area contributed by atoms with Gasteiger partial charge in [0, 0.05) is 0 Å². The molecule has 0 heterocycles. The Morgan fingerprint density at radius 1 is 0.240 bits per heavy atom. The van der Waals surface area contributed by atoms with E-state index in [2.05, 4.69) is 52.6 Å². The molecule has 37 heteroatoms. The van der Waals surface area contributed by atoms with E-state index in [0.717, 1.165) is 22.3 Å². The molecular weight excluding hydrogens is 1710 g/mol. The fourth-order valence-electron chi connectivity index (χ4n) is 9.99. The van der Waals surface area contributed by atoms with E-state index in [1.807, 2.05) is 27.7 Å². The minimum Gasteiger partial charge on any atom is -0.377 e. The second-order valence-corrected chi connectivity index (χ2v) is 37.1. The summed E-state index contributed by atoms with van der Waals surface area (Å²) >= 11 is 0. The Morgan fingerprint density at radius 3 is 0.664 bits per heavy atom.